The summed E-state index contributed by atoms with van der Waals surface area (Å²) in [7, 11) is 1.24. The van der Waals surface area contributed by atoms with Gasteiger partial charge >= 0.3 is 12.1 Å². The van der Waals surface area contributed by atoms with Crippen LogP contribution in [0.15, 0.2) is 44.5 Å². The van der Waals surface area contributed by atoms with Gasteiger partial charge in [0.15, 0.2) is 26.7 Å². The van der Waals surface area contributed by atoms with Crippen LogP contribution in [0.2, 0.25) is 0 Å². The molecule has 236 valence electrons. The number of carboxylic acid groups (broad SMARTS) is 2. The summed E-state index contributed by atoms with van der Waals surface area (Å²) in [5.41, 5.74) is 6.78. The Morgan fingerprint density at radius 3 is 2.64 bits per heavy atom. The van der Waals surface area contributed by atoms with Gasteiger partial charge in [0, 0.05) is 32.9 Å². The fourth-order valence-electron chi connectivity index (χ4n) is 4.31. The van der Waals surface area contributed by atoms with Gasteiger partial charge in [-0.15, -0.1) is 34.4 Å². The summed E-state index contributed by atoms with van der Waals surface area (Å²) in [4.78, 5) is 64.1. The maximum atomic E-state index is 13.2. The summed E-state index contributed by atoms with van der Waals surface area (Å²) in [6, 6.07) is 3.00. The summed E-state index contributed by atoms with van der Waals surface area (Å²) in [5, 5.41) is 45.7. The molecule has 16 nitrogen and oxygen atoms in total. The van der Waals surface area contributed by atoms with Gasteiger partial charge in [0.25, 0.3) is 11.8 Å². The number of fused-ring (bicyclic) bond motifs is 1. The number of thiazole rings is 2. The maximum absolute atomic E-state index is 13.2. The number of carbonyl (C=O) groups is 4. The molecule has 20 heteroatoms. The van der Waals surface area contributed by atoms with Crippen molar-refractivity contribution in [3.05, 3.63) is 45.6 Å². The number of amides is 2. The number of aliphatic carboxylic acids is 1. The molecule has 0 saturated carbocycles. The Bertz CT molecular complexity index is 1750. The van der Waals surface area contributed by atoms with Crippen LogP contribution in [0.4, 0.5) is 9.93 Å². The highest BCUT2D eigenvalue weighted by atomic mass is 32.2. The highest BCUT2D eigenvalue weighted by Gasteiger charge is 2.54. The summed E-state index contributed by atoms with van der Waals surface area (Å²) in [5.74, 6) is -2.99. The smallest absolute Gasteiger partial charge is 0.504 e. The van der Waals surface area contributed by atoms with E-state index in [2.05, 4.69) is 20.4 Å². The lowest BCUT2D eigenvalue weighted by molar-refractivity contribution is -0.148. The van der Waals surface area contributed by atoms with Gasteiger partial charge in [0.2, 0.25) is 5.88 Å². The van der Waals surface area contributed by atoms with Crippen LogP contribution in [0.1, 0.15) is 10.6 Å². The molecule has 2 amide bonds. The molecule has 5 rings (SSSR count). The number of ether oxygens (including phenoxy) is 1. The zero-order chi connectivity index (χ0) is 32.4. The van der Waals surface area contributed by atoms with E-state index in [1.807, 2.05) is 0 Å². The van der Waals surface area contributed by atoms with Crippen LogP contribution in [-0.4, -0.2) is 95.0 Å². The highest BCUT2D eigenvalue weighted by Crippen LogP contribution is 2.43. The van der Waals surface area contributed by atoms with E-state index in [1.54, 1.807) is 0 Å². The first-order chi connectivity index (χ1) is 21.5. The van der Waals surface area contributed by atoms with Crippen molar-refractivity contribution in [3.8, 4) is 22.8 Å². The molecule has 3 aromatic rings. The van der Waals surface area contributed by atoms with Crippen LogP contribution in [0.5, 0.6) is 11.5 Å². The van der Waals surface area contributed by atoms with Crippen LogP contribution in [0, 0.1) is 0 Å². The molecule has 2 atom stereocenters. The largest absolute Gasteiger partial charge is 0.512 e. The third-order valence-electron chi connectivity index (χ3n) is 6.23. The SMILES string of the molecule is CON=C(C(=O)N[C@@H]1C(=O)N2C(OC(=O)O)=C(CSc3nc(-c4ccc(O)c(O)c4)c(CC(=O)O)s3)CS[C@@H]12)c1csc(N)n1. The Morgan fingerprint density at radius 1 is 1.22 bits per heavy atom. The second-order valence-corrected chi connectivity index (χ2v) is 13.4. The van der Waals surface area contributed by atoms with Crippen molar-refractivity contribution in [3.63, 3.8) is 0 Å². The van der Waals surface area contributed by atoms with Crippen molar-refractivity contribution >= 4 is 81.0 Å². The van der Waals surface area contributed by atoms with E-state index in [1.165, 1.54) is 54.2 Å². The van der Waals surface area contributed by atoms with Gasteiger partial charge in [-0.1, -0.05) is 16.9 Å². The van der Waals surface area contributed by atoms with Crippen molar-refractivity contribution in [1.82, 2.24) is 20.2 Å². The zero-order valence-electron chi connectivity index (χ0n) is 22.8. The van der Waals surface area contributed by atoms with E-state index in [-0.39, 0.29) is 46.1 Å². The molecule has 7 N–H and O–H groups in total. The Kier molecular flexibility index (Phi) is 9.37. The number of carboxylic acids is 1. The van der Waals surface area contributed by atoms with Crippen molar-refractivity contribution in [2.45, 2.75) is 22.2 Å². The number of benzene rings is 1. The lowest BCUT2D eigenvalue weighted by Crippen LogP contribution is -2.70. The number of hydrogen-bond acceptors (Lipinski definition) is 16. The third kappa shape index (κ3) is 6.77. The van der Waals surface area contributed by atoms with Gasteiger partial charge in [-0.2, -0.15) is 0 Å². The molecule has 0 unspecified atom stereocenters. The number of nitrogen functional groups attached to an aromatic ring is 1. The number of hydrogen-bond donors (Lipinski definition) is 6. The minimum absolute atomic E-state index is 0.138. The van der Waals surface area contributed by atoms with Gasteiger partial charge in [0.05, 0.1) is 12.1 Å². The van der Waals surface area contributed by atoms with Crippen LogP contribution in [-0.2, 0) is 30.4 Å². The average Bonchev–Trinajstić information content (AvgIpc) is 3.59. The molecule has 0 spiro atoms. The van der Waals surface area contributed by atoms with Crippen LogP contribution >= 0.6 is 46.2 Å². The number of nitrogens with zero attached hydrogens (tertiary/aromatic N) is 4. The number of aromatic nitrogens is 2. The predicted octanol–water partition coefficient (Wildman–Crippen LogP) is 2.34. The van der Waals surface area contributed by atoms with Crippen molar-refractivity contribution in [1.29, 1.82) is 0 Å². The van der Waals surface area contributed by atoms with Crippen LogP contribution in [0.25, 0.3) is 11.3 Å². The van der Waals surface area contributed by atoms with Crippen molar-refractivity contribution in [2.24, 2.45) is 5.16 Å². The van der Waals surface area contributed by atoms with E-state index < -0.39 is 41.1 Å². The Morgan fingerprint density at radius 2 is 2.00 bits per heavy atom. The molecule has 0 radical (unpaired) electrons. The first-order valence-electron chi connectivity index (χ1n) is 12.5. The van der Waals surface area contributed by atoms with E-state index in [9.17, 15) is 39.6 Å². The number of β-lactam (4-membered cyclic amide) rings is 1. The molecular weight excluding hydrogens is 673 g/mol. The van der Waals surface area contributed by atoms with E-state index in [0.29, 0.717) is 26.0 Å². The fourth-order valence-corrected chi connectivity index (χ4v) is 8.50. The van der Waals surface area contributed by atoms with Gasteiger partial charge < -0.3 is 41.1 Å². The molecule has 2 aliphatic rings. The third-order valence-corrected chi connectivity index (χ3v) is 10.5. The summed E-state index contributed by atoms with van der Waals surface area (Å²) < 4.78 is 5.47. The molecule has 4 heterocycles. The summed E-state index contributed by atoms with van der Waals surface area (Å²) >= 11 is 4.65. The first-order valence-corrected chi connectivity index (χ1v) is 16.3. The molecule has 1 saturated heterocycles. The summed E-state index contributed by atoms with van der Waals surface area (Å²) in [6.45, 7) is 0. The quantitative estimate of drug-likeness (QED) is 0.0421. The number of nitrogens with two attached hydrogens (primary N) is 1. The number of rotatable bonds is 11. The Labute approximate surface area is 269 Å². The number of nitrogens with one attached hydrogen (secondary N) is 1. The molecule has 0 bridgehead atoms. The molecular formula is C25H22N6O10S4. The van der Waals surface area contributed by atoms with E-state index in [0.717, 1.165) is 27.6 Å². The number of carbonyl (C=O) groups excluding carboxylic acids is 2. The second-order valence-electron chi connectivity index (χ2n) is 9.15. The first kappa shape index (κ1) is 31.9. The lowest BCUT2D eigenvalue weighted by atomic mass is 10.1. The van der Waals surface area contributed by atoms with E-state index >= 15 is 0 Å². The topological polar surface area (TPSA) is 247 Å². The summed E-state index contributed by atoms with van der Waals surface area (Å²) in [6.07, 6.45) is -1.98. The second kappa shape index (κ2) is 13.2. The molecule has 1 fully saturated rings. The zero-order valence-corrected chi connectivity index (χ0v) is 26.1. The van der Waals surface area contributed by atoms with Crippen LogP contribution in [0.3, 0.4) is 0 Å². The molecule has 1 aromatic carbocycles. The maximum Gasteiger partial charge on any atom is 0.512 e. The Hall–Kier alpha value is -4.53. The van der Waals surface area contributed by atoms with E-state index in [4.69, 9.17) is 15.3 Å². The minimum atomic E-state index is -1.64. The number of oxime groups is 1. The number of anilines is 1. The highest BCUT2D eigenvalue weighted by molar-refractivity contribution is 8.01. The normalized spacial score (nSPS) is 17.8. The predicted molar refractivity (Wildman–Crippen MR) is 164 cm³/mol. The fraction of sp³-hybridized carbons (Fsp3) is 0.240. The molecule has 0 aliphatic carbocycles. The lowest BCUT2D eigenvalue weighted by Gasteiger charge is -2.49. The Balaban J connectivity index is 1.34. The molecule has 2 aliphatic heterocycles. The van der Waals surface area contributed by atoms with Gasteiger partial charge in [-0.3, -0.25) is 19.3 Å². The number of aromatic hydroxyl groups is 2. The number of phenolic OH excluding ortho intramolecular Hbond substituents is 2. The van der Waals surface area contributed by atoms with Gasteiger partial charge in [-0.25, -0.2) is 14.8 Å². The monoisotopic (exact) mass is 694 g/mol. The number of phenols is 2. The average molecular weight is 695 g/mol. The van der Waals surface area contributed by atoms with Gasteiger partial charge in [0.1, 0.15) is 24.2 Å². The van der Waals surface area contributed by atoms with Crippen LogP contribution < -0.4 is 11.1 Å². The number of thioether (sulfide) groups is 2. The molecule has 45 heavy (non-hydrogen) atoms. The standard InChI is InChI=1S/C25H22N6O10S4/c1-40-30-17(11-8-43-23(26)27-11)19(36)28-18-20(37)31-21(41-25(38)39)10(6-42-22(18)31)7-44-24-29-16(14(45-24)5-15(34)35)9-2-3-12(32)13(33)4-9/h2-4,8,18,22,32-33H,5-7H2,1H3,(H2,26,27)(H,28,36)(H,34,35)(H,38,39)/t18-,22+/m1/s1. The minimum Gasteiger partial charge on any atom is -0.504 e. The van der Waals surface area contributed by atoms with Crippen molar-refractivity contribution < 1.29 is 49.2 Å². The molecule has 2 aromatic heterocycles. The van der Waals surface area contributed by atoms with Gasteiger partial charge in [-0.05, 0) is 18.2 Å². The van der Waals surface area contributed by atoms with Crippen molar-refractivity contribution in [2.75, 3.05) is 24.3 Å².